The summed E-state index contributed by atoms with van der Waals surface area (Å²) in [6, 6.07) is 6.22. The first-order valence-electron chi connectivity index (χ1n) is 4.46. The maximum atomic E-state index is 10.6. The Labute approximate surface area is 93.0 Å². The van der Waals surface area contributed by atoms with E-state index in [1.165, 1.54) is 12.1 Å². The molecule has 0 saturated heterocycles. The van der Waals surface area contributed by atoms with Crippen molar-refractivity contribution < 1.29 is 24.1 Å². The number of fused-ring (bicyclic) bond motifs is 1. The smallest absolute Gasteiger partial charge is 0.309 e. The van der Waals surface area contributed by atoms with E-state index in [0.717, 1.165) is 0 Å². The zero-order valence-corrected chi connectivity index (χ0v) is 8.94. The SMILES string of the molecule is O=C(O)CC1=C(O)c2ccccc2S1(O)O. The van der Waals surface area contributed by atoms with Crippen LogP contribution in [-0.2, 0) is 4.79 Å². The van der Waals surface area contributed by atoms with Gasteiger partial charge >= 0.3 is 5.97 Å². The van der Waals surface area contributed by atoms with Crippen LogP contribution in [0.25, 0.3) is 5.76 Å². The zero-order valence-electron chi connectivity index (χ0n) is 8.12. The number of aliphatic hydroxyl groups excluding tert-OH is 1. The van der Waals surface area contributed by atoms with E-state index in [9.17, 15) is 19.0 Å². The molecule has 0 aromatic heterocycles. The monoisotopic (exact) mass is 242 g/mol. The first kappa shape index (κ1) is 11.0. The number of rotatable bonds is 2. The fourth-order valence-electron chi connectivity index (χ4n) is 1.65. The van der Waals surface area contributed by atoms with Gasteiger partial charge in [-0.15, -0.1) is 10.6 Å². The van der Waals surface area contributed by atoms with E-state index >= 15 is 0 Å². The van der Waals surface area contributed by atoms with Crippen molar-refractivity contribution in [3.05, 3.63) is 34.7 Å². The lowest BCUT2D eigenvalue weighted by Gasteiger charge is -2.29. The number of carboxylic acid groups (broad SMARTS) is 1. The van der Waals surface area contributed by atoms with Gasteiger partial charge in [-0.3, -0.25) is 13.9 Å². The third kappa shape index (κ3) is 1.47. The van der Waals surface area contributed by atoms with Crippen LogP contribution in [0.3, 0.4) is 0 Å². The minimum absolute atomic E-state index is 0.184. The van der Waals surface area contributed by atoms with Crippen molar-refractivity contribution in [1.82, 2.24) is 0 Å². The molecule has 1 aliphatic heterocycles. The van der Waals surface area contributed by atoms with Crippen molar-refractivity contribution in [3.8, 4) is 0 Å². The lowest BCUT2D eigenvalue weighted by Crippen LogP contribution is -2.04. The number of aliphatic hydroxyl groups is 1. The summed E-state index contributed by atoms with van der Waals surface area (Å²) in [5, 5.41) is 18.4. The van der Waals surface area contributed by atoms with Gasteiger partial charge in [0.2, 0.25) is 0 Å². The molecule has 1 aliphatic rings. The highest BCUT2D eigenvalue weighted by Gasteiger charge is 2.36. The number of benzene rings is 1. The Morgan fingerprint density at radius 1 is 1.25 bits per heavy atom. The summed E-state index contributed by atoms with van der Waals surface area (Å²) in [4.78, 5) is 10.5. The van der Waals surface area contributed by atoms with Crippen molar-refractivity contribution in [1.29, 1.82) is 0 Å². The maximum absolute atomic E-state index is 10.6. The molecule has 0 unspecified atom stereocenters. The molecule has 4 N–H and O–H groups in total. The van der Waals surface area contributed by atoms with E-state index in [4.69, 9.17) is 5.11 Å². The van der Waals surface area contributed by atoms with Crippen LogP contribution in [0.2, 0.25) is 0 Å². The van der Waals surface area contributed by atoms with Crippen LogP contribution in [0.5, 0.6) is 0 Å². The van der Waals surface area contributed by atoms with Crippen LogP contribution in [0.4, 0.5) is 0 Å². The summed E-state index contributed by atoms with van der Waals surface area (Å²) in [6.07, 6.45) is -0.581. The Morgan fingerprint density at radius 2 is 1.88 bits per heavy atom. The van der Waals surface area contributed by atoms with Gasteiger partial charge in [0.15, 0.2) is 0 Å². The van der Waals surface area contributed by atoms with Crippen LogP contribution >= 0.6 is 10.6 Å². The van der Waals surface area contributed by atoms with E-state index in [-0.39, 0.29) is 15.6 Å². The number of hydrogen-bond donors (Lipinski definition) is 4. The number of aliphatic carboxylic acids is 1. The van der Waals surface area contributed by atoms with E-state index in [1.807, 2.05) is 0 Å². The molecule has 1 heterocycles. The molecule has 1 aromatic rings. The molecule has 0 saturated carbocycles. The molecule has 0 atom stereocenters. The largest absolute Gasteiger partial charge is 0.506 e. The Morgan fingerprint density at radius 3 is 2.44 bits per heavy atom. The lowest BCUT2D eigenvalue weighted by molar-refractivity contribution is -0.136. The van der Waals surface area contributed by atoms with Gasteiger partial charge in [0.05, 0.1) is 16.2 Å². The van der Waals surface area contributed by atoms with Crippen molar-refractivity contribution in [3.63, 3.8) is 0 Å². The van der Waals surface area contributed by atoms with Crippen molar-refractivity contribution >= 4 is 22.3 Å². The Bertz CT molecular complexity index is 492. The molecule has 0 bridgehead atoms. The molecule has 6 heteroatoms. The summed E-state index contributed by atoms with van der Waals surface area (Å²) in [7, 11) is -3.34. The van der Waals surface area contributed by atoms with Crippen LogP contribution in [0.15, 0.2) is 34.1 Å². The average molecular weight is 242 g/mol. The Balaban J connectivity index is 2.57. The minimum Gasteiger partial charge on any atom is -0.506 e. The second-order valence-corrected chi connectivity index (χ2v) is 5.42. The second-order valence-electron chi connectivity index (χ2n) is 3.39. The van der Waals surface area contributed by atoms with Gasteiger partial charge in [-0.25, -0.2) is 0 Å². The predicted molar refractivity (Wildman–Crippen MR) is 59.4 cm³/mol. The van der Waals surface area contributed by atoms with Gasteiger partial charge in [0.1, 0.15) is 5.76 Å². The quantitative estimate of drug-likeness (QED) is 0.638. The molecule has 16 heavy (non-hydrogen) atoms. The van der Waals surface area contributed by atoms with Gasteiger partial charge in [0, 0.05) is 5.56 Å². The number of carboxylic acids is 1. The molecular formula is C10H10O5S. The summed E-state index contributed by atoms with van der Waals surface area (Å²) in [6.45, 7) is 0. The maximum Gasteiger partial charge on any atom is 0.309 e. The topological polar surface area (TPSA) is 98.0 Å². The highest BCUT2D eigenvalue weighted by atomic mass is 32.3. The first-order valence-corrected chi connectivity index (χ1v) is 6.01. The molecule has 2 rings (SSSR count). The highest BCUT2D eigenvalue weighted by Crippen LogP contribution is 2.64. The fourth-order valence-corrected chi connectivity index (χ4v) is 3.36. The van der Waals surface area contributed by atoms with E-state index in [2.05, 4.69) is 0 Å². The van der Waals surface area contributed by atoms with Crippen molar-refractivity contribution in [2.45, 2.75) is 11.3 Å². The molecule has 0 fully saturated rings. The van der Waals surface area contributed by atoms with Crippen LogP contribution in [-0.4, -0.2) is 25.3 Å². The molecule has 86 valence electrons. The van der Waals surface area contributed by atoms with Gasteiger partial charge in [0.25, 0.3) is 0 Å². The summed E-state index contributed by atoms with van der Waals surface area (Å²) in [5.41, 5.74) is 0.291. The molecule has 5 nitrogen and oxygen atoms in total. The first-order chi connectivity index (χ1) is 7.44. The fraction of sp³-hybridized carbons (Fsp3) is 0.100. The average Bonchev–Trinajstić information content (AvgIpc) is 2.41. The number of hydrogen-bond acceptors (Lipinski definition) is 4. The lowest BCUT2D eigenvalue weighted by atomic mass is 10.1. The Kier molecular flexibility index (Phi) is 2.42. The van der Waals surface area contributed by atoms with Gasteiger partial charge < -0.3 is 10.2 Å². The summed E-state index contributed by atoms with van der Waals surface area (Å²) < 4.78 is 19.8. The molecule has 0 amide bonds. The van der Waals surface area contributed by atoms with Gasteiger partial charge in [-0.05, 0) is 12.1 Å². The standard InChI is InChI=1S/C10H10O5S/c11-9(12)5-8-10(13)6-3-1-2-4-7(6)16(8,14)15/h1-4,13-15H,5H2,(H,11,12). The second kappa shape index (κ2) is 3.51. The molecule has 0 aliphatic carbocycles. The van der Waals surface area contributed by atoms with Crippen LogP contribution in [0, 0.1) is 0 Å². The van der Waals surface area contributed by atoms with E-state index < -0.39 is 23.0 Å². The third-order valence-corrected chi connectivity index (χ3v) is 4.36. The molecular weight excluding hydrogens is 232 g/mol. The van der Waals surface area contributed by atoms with E-state index in [1.54, 1.807) is 12.1 Å². The molecule has 1 aromatic carbocycles. The zero-order chi connectivity index (χ0) is 11.9. The summed E-state index contributed by atoms with van der Waals surface area (Å²) in [5.74, 6) is -1.55. The number of carbonyl (C=O) groups is 1. The highest BCUT2D eigenvalue weighted by molar-refractivity contribution is 8.28. The third-order valence-electron chi connectivity index (χ3n) is 2.37. The van der Waals surface area contributed by atoms with E-state index in [0.29, 0.717) is 5.56 Å². The van der Waals surface area contributed by atoms with Gasteiger partial charge in [-0.1, -0.05) is 12.1 Å². The van der Waals surface area contributed by atoms with Gasteiger partial charge in [-0.2, -0.15) is 0 Å². The van der Waals surface area contributed by atoms with Crippen molar-refractivity contribution in [2.75, 3.05) is 0 Å². The van der Waals surface area contributed by atoms with Crippen LogP contribution in [0.1, 0.15) is 12.0 Å². The van der Waals surface area contributed by atoms with Crippen molar-refractivity contribution in [2.24, 2.45) is 0 Å². The summed E-state index contributed by atoms with van der Waals surface area (Å²) >= 11 is 0. The molecule has 0 radical (unpaired) electrons. The Hall–Kier alpha value is -1.50. The predicted octanol–water partition coefficient (Wildman–Crippen LogP) is 2.51. The normalized spacial score (nSPS) is 19.4. The van der Waals surface area contributed by atoms with Crippen LogP contribution < -0.4 is 0 Å². The molecule has 0 spiro atoms. The minimum atomic E-state index is -3.34.